The van der Waals surface area contributed by atoms with Crippen LogP contribution in [0.25, 0.3) is 0 Å². The highest BCUT2D eigenvalue weighted by Crippen LogP contribution is 1.86. The van der Waals surface area contributed by atoms with Gasteiger partial charge in [0.1, 0.15) is 5.82 Å². The van der Waals surface area contributed by atoms with Gasteiger partial charge in [-0.05, 0) is 13.8 Å². The zero-order valence-corrected chi connectivity index (χ0v) is 6.46. The maximum absolute atomic E-state index is 11.1. The number of hydrogen-bond acceptors (Lipinski definition) is 2. The van der Waals surface area contributed by atoms with Crippen molar-refractivity contribution in [3.8, 4) is 0 Å². The lowest BCUT2D eigenvalue weighted by atomic mass is 10.6. The highest BCUT2D eigenvalue weighted by Gasteiger charge is 2.02. The van der Waals surface area contributed by atoms with Crippen molar-refractivity contribution < 1.29 is 0 Å². The second kappa shape index (κ2) is 2.28. The second-order valence-electron chi connectivity index (χ2n) is 2.20. The summed E-state index contributed by atoms with van der Waals surface area (Å²) in [6.07, 6.45) is 0. The normalized spacial score (nSPS) is 10.3. The Balaban J connectivity index is 3.34. The molecule has 1 aromatic heterocycles. The molecule has 0 spiro atoms. The van der Waals surface area contributed by atoms with E-state index in [0.29, 0.717) is 6.54 Å². The first kappa shape index (κ1) is 7.05. The van der Waals surface area contributed by atoms with Crippen molar-refractivity contribution in [3.05, 3.63) is 16.3 Å². The first-order valence-corrected chi connectivity index (χ1v) is 3.27. The predicted molar refractivity (Wildman–Crippen MR) is 37.9 cm³/mol. The van der Waals surface area contributed by atoms with E-state index in [1.54, 1.807) is 11.6 Å². The van der Waals surface area contributed by atoms with E-state index in [-0.39, 0.29) is 5.69 Å². The third kappa shape index (κ3) is 0.853. The van der Waals surface area contributed by atoms with Gasteiger partial charge in [0.2, 0.25) is 0 Å². The molecule has 0 aliphatic rings. The monoisotopic (exact) mass is 141 g/mol. The molecular formula is C6H11N3O. The highest BCUT2D eigenvalue weighted by atomic mass is 16.2. The van der Waals surface area contributed by atoms with Crippen LogP contribution in [-0.2, 0) is 13.6 Å². The molecule has 0 fully saturated rings. The molecule has 0 amide bonds. The molecule has 4 nitrogen and oxygen atoms in total. The van der Waals surface area contributed by atoms with Crippen LogP contribution in [0, 0.1) is 6.92 Å². The lowest BCUT2D eigenvalue weighted by molar-refractivity contribution is 0.673. The van der Waals surface area contributed by atoms with Crippen LogP contribution < -0.4 is 5.69 Å². The topological polar surface area (TPSA) is 39.8 Å². The van der Waals surface area contributed by atoms with Crippen molar-refractivity contribution in [1.82, 2.24) is 14.3 Å². The average Bonchev–Trinajstić information content (AvgIpc) is 2.09. The Morgan fingerprint density at radius 2 is 2.20 bits per heavy atom. The summed E-state index contributed by atoms with van der Waals surface area (Å²) in [6.45, 7) is 4.44. The Morgan fingerprint density at radius 1 is 1.60 bits per heavy atom. The van der Waals surface area contributed by atoms with E-state index >= 15 is 0 Å². The largest absolute Gasteiger partial charge is 0.345 e. The van der Waals surface area contributed by atoms with Crippen molar-refractivity contribution in [2.24, 2.45) is 7.05 Å². The van der Waals surface area contributed by atoms with Gasteiger partial charge in [-0.1, -0.05) is 0 Å². The molecule has 0 aliphatic carbocycles. The maximum atomic E-state index is 11.1. The van der Waals surface area contributed by atoms with Crippen LogP contribution >= 0.6 is 0 Å². The average molecular weight is 141 g/mol. The number of rotatable bonds is 1. The molecule has 0 N–H and O–H groups in total. The van der Waals surface area contributed by atoms with Gasteiger partial charge < -0.3 is 0 Å². The summed E-state index contributed by atoms with van der Waals surface area (Å²) >= 11 is 0. The maximum Gasteiger partial charge on any atom is 0.345 e. The van der Waals surface area contributed by atoms with Crippen LogP contribution in [0.5, 0.6) is 0 Å². The van der Waals surface area contributed by atoms with E-state index in [2.05, 4.69) is 5.10 Å². The zero-order valence-electron chi connectivity index (χ0n) is 6.46. The number of nitrogens with zero attached hydrogens (tertiary/aromatic N) is 3. The summed E-state index contributed by atoms with van der Waals surface area (Å²) in [5.41, 5.74) is -0.0417. The fraction of sp³-hybridized carbons (Fsp3) is 0.667. The van der Waals surface area contributed by atoms with Gasteiger partial charge in [-0.15, -0.1) is 0 Å². The van der Waals surface area contributed by atoms with Gasteiger partial charge in [0.05, 0.1) is 0 Å². The molecule has 0 radical (unpaired) electrons. The Hall–Kier alpha value is -1.06. The Bertz CT molecular complexity index is 284. The molecule has 1 heterocycles. The third-order valence-electron chi connectivity index (χ3n) is 1.51. The molecule has 4 heteroatoms. The molecule has 1 aromatic rings. The molecule has 0 aromatic carbocycles. The fourth-order valence-electron chi connectivity index (χ4n) is 0.991. The summed E-state index contributed by atoms with van der Waals surface area (Å²) in [5, 5.41) is 3.95. The minimum atomic E-state index is -0.0417. The standard InChI is InChI=1S/C6H11N3O/c1-4-9-5(2)7-8(3)6(9)10/h4H2,1-3H3. The van der Waals surface area contributed by atoms with Crippen molar-refractivity contribution in [1.29, 1.82) is 0 Å². The van der Waals surface area contributed by atoms with Crippen LogP contribution in [-0.4, -0.2) is 14.3 Å². The van der Waals surface area contributed by atoms with Gasteiger partial charge in [0, 0.05) is 13.6 Å². The van der Waals surface area contributed by atoms with Crippen LogP contribution in [0.1, 0.15) is 12.7 Å². The van der Waals surface area contributed by atoms with Gasteiger partial charge in [-0.3, -0.25) is 4.57 Å². The zero-order chi connectivity index (χ0) is 7.72. The Labute approximate surface area is 59.1 Å². The fourth-order valence-corrected chi connectivity index (χ4v) is 0.991. The van der Waals surface area contributed by atoms with Gasteiger partial charge in [0.15, 0.2) is 0 Å². The molecule has 0 saturated heterocycles. The smallest absolute Gasteiger partial charge is 0.279 e. The number of hydrogen-bond donors (Lipinski definition) is 0. The van der Waals surface area contributed by atoms with E-state index in [9.17, 15) is 4.79 Å². The van der Waals surface area contributed by atoms with Gasteiger partial charge in [-0.2, -0.15) is 5.10 Å². The van der Waals surface area contributed by atoms with Crippen molar-refractivity contribution >= 4 is 0 Å². The van der Waals surface area contributed by atoms with Crippen LogP contribution in [0.15, 0.2) is 4.79 Å². The molecule has 0 unspecified atom stereocenters. The quantitative estimate of drug-likeness (QED) is 0.548. The molecule has 0 aliphatic heterocycles. The molecular weight excluding hydrogens is 130 g/mol. The van der Waals surface area contributed by atoms with E-state index in [1.807, 2.05) is 13.8 Å². The summed E-state index contributed by atoms with van der Waals surface area (Å²) in [4.78, 5) is 11.1. The lowest BCUT2D eigenvalue weighted by Crippen LogP contribution is -2.22. The van der Waals surface area contributed by atoms with Gasteiger partial charge >= 0.3 is 5.69 Å². The number of aryl methyl sites for hydroxylation is 2. The first-order valence-electron chi connectivity index (χ1n) is 3.27. The van der Waals surface area contributed by atoms with Crippen LogP contribution in [0.4, 0.5) is 0 Å². The van der Waals surface area contributed by atoms with E-state index < -0.39 is 0 Å². The van der Waals surface area contributed by atoms with Gasteiger partial charge in [-0.25, -0.2) is 9.48 Å². The molecule has 56 valence electrons. The Kier molecular flexibility index (Phi) is 1.61. The highest BCUT2D eigenvalue weighted by molar-refractivity contribution is 4.81. The molecule has 0 bridgehead atoms. The third-order valence-corrected chi connectivity index (χ3v) is 1.51. The molecule has 1 rings (SSSR count). The summed E-state index contributed by atoms with van der Waals surface area (Å²) in [5.74, 6) is 0.773. The SMILES string of the molecule is CCn1c(C)nn(C)c1=O. The lowest BCUT2D eigenvalue weighted by Gasteiger charge is -1.92. The van der Waals surface area contributed by atoms with Crippen LogP contribution in [0.2, 0.25) is 0 Å². The van der Waals surface area contributed by atoms with Crippen molar-refractivity contribution in [2.75, 3.05) is 0 Å². The number of aromatic nitrogens is 3. The molecule has 0 atom stereocenters. The van der Waals surface area contributed by atoms with E-state index in [1.165, 1.54) is 4.68 Å². The van der Waals surface area contributed by atoms with Crippen molar-refractivity contribution in [2.45, 2.75) is 20.4 Å². The summed E-state index contributed by atoms with van der Waals surface area (Å²) in [7, 11) is 1.65. The summed E-state index contributed by atoms with van der Waals surface area (Å²) in [6, 6.07) is 0. The van der Waals surface area contributed by atoms with Gasteiger partial charge in [0.25, 0.3) is 0 Å². The minimum absolute atomic E-state index is 0.0417. The second-order valence-corrected chi connectivity index (χ2v) is 2.20. The minimum Gasteiger partial charge on any atom is -0.279 e. The van der Waals surface area contributed by atoms with Crippen LogP contribution in [0.3, 0.4) is 0 Å². The Morgan fingerprint density at radius 3 is 2.40 bits per heavy atom. The van der Waals surface area contributed by atoms with E-state index in [4.69, 9.17) is 0 Å². The first-order chi connectivity index (χ1) is 4.66. The molecule has 0 saturated carbocycles. The predicted octanol–water partition coefficient (Wildman–Crippen LogP) is -0.0899. The van der Waals surface area contributed by atoms with E-state index in [0.717, 1.165) is 5.82 Å². The molecule has 10 heavy (non-hydrogen) atoms. The van der Waals surface area contributed by atoms with Crippen molar-refractivity contribution in [3.63, 3.8) is 0 Å². The summed E-state index contributed by atoms with van der Waals surface area (Å²) < 4.78 is 2.97.